The van der Waals surface area contributed by atoms with Crippen LogP contribution in [0.2, 0.25) is 0 Å². The first kappa shape index (κ1) is 24.9. The molecule has 0 spiro atoms. The zero-order chi connectivity index (χ0) is 26.3. The minimum atomic E-state index is -4.12. The van der Waals surface area contributed by atoms with E-state index in [1.807, 2.05) is 19.1 Å². The number of nitrogens with one attached hydrogen (secondary N) is 1. The Morgan fingerprint density at radius 1 is 1.24 bits per heavy atom. The molecule has 3 unspecified atom stereocenters. The van der Waals surface area contributed by atoms with Crippen molar-refractivity contribution in [2.24, 2.45) is 0 Å². The van der Waals surface area contributed by atoms with Crippen molar-refractivity contribution in [3.05, 3.63) is 65.8 Å². The van der Waals surface area contributed by atoms with Crippen LogP contribution in [0.25, 0.3) is 11.0 Å². The first-order valence-electron chi connectivity index (χ1n) is 12.0. The van der Waals surface area contributed by atoms with Gasteiger partial charge in [-0.1, -0.05) is 31.5 Å². The highest BCUT2D eigenvalue weighted by molar-refractivity contribution is 7.89. The van der Waals surface area contributed by atoms with Crippen LogP contribution in [0, 0.1) is 5.21 Å². The molecule has 2 aliphatic rings. The number of rotatable bonds is 7. The maximum absolute atomic E-state index is 13.5. The van der Waals surface area contributed by atoms with E-state index in [0.29, 0.717) is 23.2 Å². The number of carbonyl (C=O) groups is 3. The van der Waals surface area contributed by atoms with Crippen LogP contribution in [0.15, 0.2) is 64.2 Å². The summed E-state index contributed by atoms with van der Waals surface area (Å²) < 4.78 is 33.5. The Kier molecular flexibility index (Phi) is 6.46. The smallest absolute Gasteiger partial charge is 0.287 e. The second-order valence-electron chi connectivity index (χ2n) is 9.21. The SMILES string of the molecule is CCCC(NC(=O)c1cc2ccccc2o1)C(=O)N1CCC2C1C(=O)CN2S(=O)(=O)c1ccc[n+]([O-])c1. The van der Waals surface area contributed by atoms with Crippen LogP contribution >= 0.6 is 0 Å². The number of ketones is 1. The molecule has 1 aromatic carbocycles. The van der Waals surface area contributed by atoms with E-state index in [-0.39, 0.29) is 30.2 Å². The Bertz CT molecular complexity index is 1450. The van der Waals surface area contributed by atoms with Crippen molar-refractivity contribution in [3.63, 3.8) is 0 Å². The molecular weight excluding hydrogens is 500 g/mol. The number of hydrogen-bond acceptors (Lipinski definition) is 7. The molecule has 3 aromatic rings. The Labute approximate surface area is 213 Å². The van der Waals surface area contributed by atoms with Crippen molar-refractivity contribution >= 4 is 38.6 Å². The minimum absolute atomic E-state index is 0.0714. The number of sulfonamides is 1. The molecule has 0 saturated carbocycles. The van der Waals surface area contributed by atoms with E-state index in [9.17, 15) is 28.0 Å². The van der Waals surface area contributed by atoms with Crippen LogP contribution in [0.5, 0.6) is 0 Å². The normalized spacial score (nSPS) is 20.8. The van der Waals surface area contributed by atoms with Crippen LogP contribution in [-0.4, -0.2) is 66.4 Å². The highest BCUT2D eigenvalue weighted by Gasteiger charge is 2.54. The number of benzene rings is 1. The highest BCUT2D eigenvalue weighted by Crippen LogP contribution is 2.34. The Morgan fingerprint density at radius 2 is 2.03 bits per heavy atom. The summed E-state index contributed by atoms with van der Waals surface area (Å²) in [5.41, 5.74) is 0.548. The molecule has 0 radical (unpaired) electrons. The molecule has 2 amide bonds. The van der Waals surface area contributed by atoms with Crippen molar-refractivity contribution in [2.75, 3.05) is 13.1 Å². The number of fused-ring (bicyclic) bond motifs is 2. The quantitative estimate of drug-likeness (QED) is 0.360. The third-order valence-electron chi connectivity index (χ3n) is 6.85. The first-order valence-corrected chi connectivity index (χ1v) is 13.5. The summed E-state index contributed by atoms with van der Waals surface area (Å²) in [6.45, 7) is 1.65. The summed E-state index contributed by atoms with van der Waals surface area (Å²) in [5, 5.41) is 15.1. The number of hydrogen-bond donors (Lipinski definition) is 1. The number of amides is 2. The van der Waals surface area contributed by atoms with Crippen LogP contribution in [-0.2, 0) is 19.6 Å². The molecule has 11 nitrogen and oxygen atoms in total. The van der Waals surface area contributed by atoms with E-state index in [0.717, 1.165) is 15.9 Å². The Hall–Kier alpha value is -3.77. The summed E-state index contributed by atoms with van der Waals surface area (Å²) in [6.07, 6.45) is 3.30. The maximum atomic E-state index is 13.5. The molecule has 37 heavy (non-hydrogen) atoms. The van der Waals surface area contributed by atoms with Crippen molar-refractivity contribution < 1.29 is 31.9 Å². The van der Waals surface area contributed by atoms with Gasteiger partial charge < -0.3 is 19.8 Å². The van der Waals surface area contributed by atoms with Gasteiger partial charge in [0.2, 0.25) is 15.9 Å². The summed E-state index contributed by atoms with van der Waals surface area (Å²) in [7, 11) is -4.12. The van der Waals surface area contributed by atoms with Gasteiger partial charge in [-0.05, 0) is 31.0 Å². The lowest BCUT2D eigenvalue weighted by atomic mass is 10.1. The number of para-hydroxylation sites is 1. The van der Waals surface area contributed by atoms with Gasteiger partial charge in [0.15, 0.2) is 23.9 Å². The van der Waals surface area contributed by atoms with E-state index in [2.05, 4.69) is 5.32 Å². The van der Waals surface area contributed by atoms with Gasteiger partial charge in [-0.3, -0.25) is 14.4 Å². The van der Waals surface area contributed by atoms with Gasteiger partial charge in [0, 0.05) is 18.0 Å². The minimum Gasteiger partial charge on any atom is -0.619 e. The fraction of sp³-hybridized carbons (Fsp3) is 0.360. The summed E-state index contributed by atoms with van der Waals surface area (Å²) in [6, 6.07) is 8.78. The number of likely N-dealkylation sites (tertiary alicyclic amines) is 1. The highest BCUT2D eigenvalue weighted by atomic mass is 32.2. The fourth-order valence-electron chi connectivity index (χ4n) is 5.13. The molecule has 194 valence electrons. The van der Waals surface area contributed by atoms with Gasteiger partial charge in [0.05, 0.1) is 12.6 Å². The predicted molar refractivity (Wildman–Crippen MR) is 131 cm³/mol. The molecule has 12 heteroatoms. The van der Waals surface area contributed by atoms with Gasteiger partial charge in [0.25, 0.3) is 5.91 Å². The monoisotopic (exact) mass is 526 g/mol. The third-order valence-corrected chi connectivity index (χ3v) is 8.70. The molecule has 5 rings (SSSR count). The van der Waals surface area contributed by atoms with E-state index in [1.54, 1.807) is 18.2 Å². The second-order valence-corrected chi connectivity index (χ2v) is 11.1. The average molecular weight is 527 g/mol. The number of furan rings is 1. The number of aromatic nitrogens is 1. The number of nitrogens with zero attached hydrogens (tertiary/aromatic N) is 3. The standard InChI is InChI=1S/C25H26N4O7S/c1-2-6-18(26-24(31)22-13-16-7-3-4-9-21(16)36-22)25(32)28-12-10-19-23(28)20(30)15-29(19)37(34,35)17-8-5-11-27(33)14-17/h3-5,7-9,11,13-14,18-19,23H,2,6,10,12,15H2,1H3,(H,26,31). The van der Waals surface area contributed by atoms with Gasteiger partial charge in [-0.2, -0.15) is 9.04 Å². The molecule has 2 saturated heterocycles. The number of Topliss-reactive ketones (excluding diaryl/α,β-unsaturated/α-hetero) is 1. The molecule has 0 aliphatic carbocycles. The van der Waals surface area contributed by atoms with Crippen LogP contribution in [0.1, 0.15) is 36.7 Å². The van der Waals surface area contributed by atoms with E-state index in [1.165, 1.54) is 23.2 Å². The Morgan fingerprint density at radius 3 is 2.76 bits per heavy atom. The average Bonchev–Trinajstić information content (AvgIpc) is 3.58. The van der Waals surface area contributed by atoms with Crippen LogP contribution < -0.4 is 10.0 Å². The van der Waals surface area contributed by atoms with Crippen LogP contribution in [0.3, 0.4) is 0 Å². The maximum Gasteiger partial charge on any atom is 0.287 e. The summed E-state index contributed by atoms with van der Waals surface area (Å²) in [5.74, 6) is -1.31. The van der Waals surface area contributed by atoms with Crippen molar-refractivity contribution in [1.29, 1.82) is 0 Å². The van der Waals surface area contributed by atoms with E-state index < -0.39 is 45.7 Å². The topological polar surface area (TPSA) is 144 Å². The summed E-state index contributed by atoms with van der Waals surface area (Å²) >= 11 is 0. The van der Waals surface area contributed by atoms with Crippen molar-refractivity contribution in [3.8, 4) is 0 Å². The zero-order valence-corrected chi connectivity index (χ0v) is 20.9. The van der Waals surface area contributed by atoms with Gasteiger partial charge in [-0.25, -0.2) is 8.42 Å². The molecule has 4 heterocycles. The van der Waals surface area contributed by atoms with E-state index in [4.69, 9.17) is 4.42 Å². The van der Waals surface area contributed by atoms with Crippen LogP contribution in [0.4, 0.5) is 0 Å². The van der Waals surface area contributed by atoms with Gasteiger partial charge in [-0.15, -0.1) is 0 Å². The van der Waals surface area contributed by atoms with Crippen molar-refractivity contribution in [1.82, 2.24) is 14.5 Å². The predicted octanol–water partition coefficient (Wildman–Crippen LogP) is 1.21. The number of carbonyl (C=O) groups excluding carboxylic acids is 3. The second kappa shape index (κ2) is 9.60. The lowest BCUT2D eigenvalue weighted by molar-refractivity contribution is -0.607. The number of pyridine rings is 1. The summed E-state index contributed by atoms with van der Waals surface area (Å²) in [4.78, 5) is 40.6. The molecule has 1 N–H and O–H groups in total. The zero-order valence-electron chi connectivity index (χ0n) is 20.1. The first-order chi connectivity index (χ1) is 17.7. The fourth-order valence-corrected chi connectivity index (χ4v) is 6.77. The Balaban J connectivity index is 1.35. The molecule has 0 bridgehead atoms. The van der Waals surface area contributed by atoms with E-state index >= 15 is 0 Å². The largest absolute Gasteiger partial charge is 0.619 e. The lowest BCUT2D eigenvalue weighted by Crippen LogP contribution is -2.52. The van der Waals surface area contributed by atoms with Crippen molar-refractivity contribution in [2.45, 2.75) is 49.2 Å². The third kappa shape index (κ3) is 4.46. The lowest BCUT2D eigenvalue weighted by Gasteiger charge is -2.28. The molecule has 2 fully saturated rings. The molecule has 2 aromatic heterocycles. The van der Waals surface area contributed by atoms with Gasteiger partial charge >= 0.3 is 0 Å². The molecule has 2 aliphatic heterocycles. The van der Waals surface area contributed by atoms with Gasteiger partial charge in [0.1, 0.15) is 22.6 Å². The molecular formula is C25H26N4O7S. The molecule has 3 atom stereocenters.